The normalized spacial score (nSPS) is 24.2. The highest BCUT2D eigenvalue weighted by molar-refractivity contribution is 7.09. The zero-order valence-electron chi connectivity index (χ0n) is 11.6. The predicted octanol–water partition coefficient (Wildman–Crippen LogP) is 1.72. The van der Waals surface area contributed by atoms with Crippen LogP contribution in [0.1, 0.15) is 45.2 Å². The number of thiazole rings is 1. The Morgan fingerprint density at radius 3 is 2.74 bits per heavy atom. The van der Waals surface area contributed by atoms with Crippen LogP contribution in [-0.4, -0.2) is 33.3 Å². The molecule has 1 aromatic rings. The molecule has 6 heteroatoms. The third kappa shape index (κ3) is 2.36. The summed E-state index contributed by atoms with van der Waals surface area (Å²) < 4.78 is 0. The van der Waals surface area contributed by atoms with Gasteiger partial charge in [-0.3, -0.25) is 9.59 Å². The van der Waals surface area contributed by atoms with Crippen LogP contribution < -0.4 is 5.32 Å². The van der Waals surface area contributed by atoms with Crippen molar-refractivity contribution in [3.63, 3.8) is 0 Å². The van der Waals surface area contributed by atoms with Crippen LogP contribution in [0.5, 0.6) is 0 Å². The molecule has 0 saturated carbocycles. The molecule has 1 aliphatic rings. The number of nitrogens with one attached hydrogen (secondary N) is 1. The Morgan fingerprint density at radius 1 is 1.53 bits per heavy atom. The second kappa shape index (κ2) is 4.92. The van der Waals surface area contributed by atoms with E-state index in [2.05, 4.69) is 10.3 Å². The lowest BCUT2D eigenvalue weighted by molar-refractivity contribution is -0.156. The number of carbonyl (C=O) groups is 2. The van der Waals surface area contributed by atoms with Crippen LogP contribution in [0.3, 0.4) is 0 Å². The molecule has 0 spiro atoms. The molecule has 1 saturated heterocycles. The average Bonchev–Trinajstić information content (AvgIpc) is 2.85. The number of hydrogen-bond donors (Lipinski definition) is 1. The van der Waals surface area contributed by atoms with Crippen LogP contribution in [0.25, 0.3) is 0 Å². The average molecular weight is 281 g/mol. The molecule has 0 aromatic carbocycles. The maximum Gasteiger partial charge on any atom is 0.249 e. The highest BCUT2D eigenvalue weighted by Gasteiger charge is 2.46. The van der Waals surface area contributed by atoms with Gasteiger partial charge >= 0.3 is 0 Å². The second-order valence-corrected chi connectivity index (χ2v) is 6.22. The van der Waals surface area contributed by atoms with Crippen LogP contribution in [0, 0.1) is 0 Å². The standard InChI is InChI=1S/C13H19N3O2S/c1-5-9(11-14-6-7-19-11)16-8(2)10(17)15-13(3,4)12(16)18/h6-9H,5H2,1-4H3,(H,15,17). The summed E-state index contributed by atoms with van der Waals surface area (Å²) in [5, 5.41) is 5.54. The lowest BCUT2D eigenvalue weighted by Crippen LogP contribution is -2.67. The summed E-state index contributed by atoms with van der Waals surface area (Å²) in [6.45, 7) is 7.24. The van der Waals surface area contributed by atoms with Gasteiger partial charge in [-0.05, 0) is 27.2 Å². The van der Waals surface area contributed by atoms with E-state index < -0.39 is 11.6 Å². The fourth-order valence-electron chi connectivity index (χ4n) is 2.39. The van der Waals surface area contributed by atoms with Gasteiger partial charge in [0.15, 0.2) is 0 Å². The topological polar surface area (TPSA) is 62.3 Å². The van der Waals surface area contributed by atoms with E-state index in [9.17, 15) is 9.59 Å². The molecule has 2 unspecified atom stereocenters. The summed E-state index contributed by atoms with van der Waals surface area (Å²) in [7, 11) is 0. The van der Waals surface area contributed by atoms with Crippen molar-refractivity contribution in [2.75, 3.05) is 0 Å². The summed E-state index contributed by atoms with van der Waals surface area (Å²) in [6.07, 6.45) is 2.47. The van der Waals surface area contributed by atoms with Crippen LogP contribution >= 0.6 is 11.3 Å². The highest BCUT2D eigenvalue weighted by atomic mass is 32.1. The zero-order valence-corrected chi connectivity index (χ0v) is 12.5. The van der Waals surface area contributed by atoms with Gasteiger partial charge in [0.2, 0.25) is 11.8 Å². The minimum Gasteiger partial charge on any atom is -0.340 e. The Labute approximate surface area is 117 Å². The van der Waals surface area contributed by atoms with Crippen molar-refractivity contribution in [3.8, 4) is 0 Å². The molecule has 1 aromatic heterocycles. The van der Waals surface area contributed by atoms with Crippen molar-refractivity contribution in [1.29, 1.82) is 0 Å². The number of aromatic nitrogens is 1. The smallest absolute Gasteiger partial charge is 0.249 e. The molecule has 0 bridgehead atoms. The van der Waals surface area contributed by atoms with E-state index in [0.717, 1.165) is 11.4 Å². The molecule has 1 N–H and O–H groups in total. The Morgan fingerprint density at radius 2 is 2.21 bits per heavy atom. The summed E-state index contributed by atoms with van der Waals surface area (Å²) in [6, 6.07) is -0.595. The van der Waals surface area contributed by atoms with Gasteiger partial charge in [-0.25, -0.2) is 4.98 Å². The fourth-order valence-corrected chi connectivity index (χ4v) is 3.21. The first-order valence-corrected chi connectivity index (χ1v) is 7.30. The molecule has 1 aliphatic heterocycles. The largest absolute Gasteiger partial charge is 0.340 e. The number of piperazine rings is 1. The summed E-state index contributed by atoms with van der Waals surface area (Å²) >= 11 is 1.52. The van der Waals surface area contributed by atoms with Gasteiger partial charge < -0.3 is 10.2 Å². The van der Waals surface area contributed by atoms with E-state index in [1.54, 1.807) is 31.9 Å². The Balaban J connectivity index is 2.39. The lowest BCUT2D eigenvalue weighted by Gasteiger charge is -2.44. The molecule has 0 aliphatic carbocycles. The van der Waals surface area contributed by atoms with E-state index in [0.29, 0.717) is 0 Å². The third-order valence-corrected chi connectivity index (χ3v) is 4.34. The van der Waals surface area contributed by atoms with Gasteiger partial charge in [-0.1, -0.05) is 6.92 Å². The summed E-state index contributed by atoms with van der Waals surface area (Å²) in [5.41, 5.74) is -0.853. The Kier molecular flexibility index (Phi) is 3.62. The Bertz CT molecular complexity index is 484. The molecule has 1 fully saturated rings. The summed E-state index contributed by atoms with van der Waals surface area (Å²) in [4.78, 5) is 30.6. The first kappa shape index (κ1) is 14.0. The first-order valence-electron chi connectivity index (χ1n) is 6.42. The zero-order chi connectivity index (χ0) is 14.2. The van der Waals surface area contributed by atoms with E-state index in [-0.39, 0.29) is 17.9 Å². The van der Waals surface area contributed by atoms with Crippen LogP contribution in [0.15, 0.2) is 11.6 Å². The van der Waals surface area contributed by atoms with Crippen molar-refractivity contribution in [3.05, 3.63) is 16.6 Å². The minimum absolute atomic E-state index is 0.0540. The predicted molar refractivity (Wildman–Crippen MR) is 73.7 cm³/mol. The maximum atomic E-state index is 12.6. The molecule has 0 radical (unpaired) electrons. The van der Waals surface area contributed by atoms with Gasteiger partial charge in [-0.2, -0.15) is 0 Å². The van der Waals surface area contributed by atoms with E-state index in [4.69, 9.17) is 0 Å². The molecular formula is C13H19N3O2S. The SMILES string of the molecule is CCC(c1nccs1)N1C(=O)C(C)(C)NC(=O)C1C. The molecule has 19 heavy (non-hydrogen) atoms. The highest BCUT2D eigenvalue weighted by Crippen LogP contribution is 2.32. The molecular weight excluding hydrogens is 262 g/mol. The lowest BCUT2D eigenvalue weighted by atomic mass is 9.95. The third-order valence-electron chi connectivity index (χ3n) is 3.46. The first-order chi connectivity index (χ1) is 8.88. The molecule has 104 valence electrons. The number of hydrogen-bond acceptors (Lipinski definition) is 4. The monoisotopic (exact) mass is 281 g/mol. The second-order valence-electron chi connectivity index (χ2n) is 5.30. The number of rotatable bonds is 3. The van der Waals surface area contributed by atoms with Gasteiger partial charge in [0.25, 0.3) is 0 Å². The van der Waals surface area contributed by atoms with Gasteiger partial charge in [-0.15, -0.1) is 11.3 Å². The van der Waals surface area contributed by atoms with Crippen molar-refractivity contribution < 1.29 is 9.59 Å². The summed E-state index contributed by atoms with van der Waals surface area (Å²) in [5.74, 6) is -0.166. The molecule has 2 atom stereocenters. The fraction of sp³-hybridized carbons (Fsp3) is 0.615. The molecule has 5 nitrogen and oxygen atoms in total. The molecule has 2 rings (SSSR count). The number of amides is 2. The van der Waals surface area contributed by atoms with Gasteiger partial charge in [0.05, 0.1) is 6.04 Å². The van der Waals surface area contributed by atoms with Gasteiger partial charge in [0, 0.05) is 11.6 Å². The van der Waals surface area contributed by atoms with Crippen LogP contribution in [0.2, 0.25) is 0 Å². The van der Waals surface area contributed by atoms with Crippen molar-refractivity contribution in [2.24, 2.45) is 0 Å². The van der Waals surface area contributed by atoms with E-state index >= 15 is 0 Å². The minimum atomic E-state index is -0.853. The van der Waals surface area contributed by atoms with Crippen LogP contribution in [-0.2, 0) is 9.59 Å². The molecule has 2 heterocycles. The molecule has 2 amide bonds. The van der Waals surface area contributed by atoms with Crippen molar-refractivity contribution in [1.82, 2.24) is 15.2 Å². The Hall–Kier alpha value is -1.43. The van der Waals surface area contributed by atoms with E-state index in [1.807, 2.05) is 12.3 Å². The number of nitrogens with zero attached hydrogens (tertiary/aromatic N) is 2. The van der Waals surface area contributed by atoms with Gasteiger partial charge in [0.1, 0.15) is 16.6 Å². The maximum absolute atomic E-state index is 12.6. The van der Waals surface area contributed by atoms with Crippen molar-refractivity contribution in [2.45, 2.75) is 51.7 Å². The van der Waals surface area contributed by atoms with E-state index in [1.165, 1.54) is 11.3 Å². The quantitative estimate of drug-likeness (QED) is 0.917. The van der Waals surface area contributed by atoms with Crippen molar-refractivity contribution >= 4 is 23.2 Å². The van der Waals surface area contributed by atoms with Crippen LogP contribution in [0.4, 0.5) is 0 Å². The number of carbonyl (C=O) groups excluding carboxylic acids is 2.